The Labute approximate surface area is 239 Å². The summed E-state index contributed by atoms with van der Waals surface area (Å²) in [4.78, 5) is 30.2. The Morgan fingerprint density at radius 2 is 1.90 bits per heavy atom. The molecule has 1 aromatic heterocycles. The molecule has 216 valence electrons. The van der Waals surface area contributed by atoms with Crippen LogP contribution in [0, 0.1) is 5.82 Å². The molecule has 1 amide bonds. The molecule has 0 radical (unpaired) electrons. The van der Waals surface area contributed by atoms with Gasteiger partial charge in [0.1, 0.15) is 29.6 Å². The molecule has 4 aliphatic rings. The van der Waals surface area contributed by atoms with Gasteiger partial charge in [0.25, 0.3) is 5.91 Å². The minimum Gasteiger partial charge on any atom is -0.508 e. The lowest BCUT2D eigenvalue weighted by Gasteiger charge is -2.31. The lowest BCUT2D eigenvalue weighted by molar-refractivity contribution is 0.0996. The largest absolute Gasteiger partial charge is 0.508 e. The topological polar surface area (TPSA) is 94.1 Å². The lowest BCUT2D eigenvalue weighted by Crippen LogP contribution is -2.43. The van der Waals surface area contributed by atoms with Gasteiger partial charge in [0, 0.05) is 31.1 Å². The minimum atomic E-state index is -0.323. The molecule has 3 aromatic rings. The molecule has 5 heterocycles. The number of halogens is 1. The Kier molecular flexibility index (Phi) is 6.70. The van der Waals surface area contributed by atoms with E-state index in [9.17, 15) is 14.3 Å². The van der Waals surface area contributed by atoms with Crippen molar-refractivity contribution < 1.29 is 19.0 Å². The van der Waals surface area contributed by atoms with Crippen molar-refractivity contribution in [3.8, 4) is 11.8 Å². The van der Waals surface area contributed by atoms with Crippen molar-refractivity contribution >= 4 is 28.2 Å². The highest BCUT2D eigenvalue weighted by molar-refractivity contribution is 6.16. The molecule has 0 atom stereocenters. The third-order valence-corrected chi connectivity index (χ3v) is 9.41. The van der Waals surface area contributed by atoms with Crippen LogP contribution >= 0.6 is 0 Å². The van der Waals surface area contributed by atoms with Crippen molar-refractivity contribution in [3.63, 3.8) is 0 Å². The van der Waals surface area contributed by atoms with Crippen LogP contribution in [-0.4, -0.2) is 77.3 Å². The van der Waals surface area contributed by atoms with Gasteiger partial charge in [0.15, 0.2) is 0 Å². The fourth-order valence-electron chi connectivity index (χ4n) is 7.40. The summed E-state index contributed by atoms with van der Waals surface area (Å²) in [5.41, 5.74) is 2.12. The van der Waals surface area contributed by atoms with Crippen molar-refractivity contribution in [1.82, 2.24) is 20.2 Å². The molecule has 9 nitrogen and oxygen atoms in total. The molecule has 3 saturated heterocycles. The van der Waals surface area contributed by atoms with Crippen LogP contribution in [0.5, 0.6) is 11.8 Å². The third kappa shape index (κ3) is 4.48. The van der Waals surface area contributed by atoms with E-state index in [0.717, 1.165) is 52.0 Å². The second-order valence-corrected chi connectivity index (χ2v) is 11.8. The van der Waals surface area contributed by atoms with E-state index in [-0.39, 0.29) is 29.6 Å². The number of nitrogens with zero attached hydrogens (tertiary/aromatic N) is 5. The smallest absolute Gasteiger partial charge is 0.318 e. The zero-order valence-electron chi connectivity index (χ0n) is 23.6. The number of benzene rings is 2. The Morgan fingerprint density at radius 3 is 2.71 bits per heavy atom. The third-order valence-electron chi connectivity index (χ3n) is 9.41. The zero-order valence-corrected chi connectivity index (χ0v) is 23.6. The number of phenolic OH excluding ortho intramolecular Hbond substituents is 1. The maximum atomic E-state index is 14.9. The Balaban J connectivity index is 1.30. The normalized spacial score (nSPS) is 20.5. The quantitative estimate of drug-likeness (QED) is 0.467. The van der Waals surface area contributed by atoms with Crippen molar-refractivity contribution in [2.24, 2.45) is 0 Å². The number of aromatic hydroxyl groups is 1. The summed E-state index contributed by atoms with van der Waals surface area (Å²) in [6.45, 7) is 8.04. The molecule has 2 aromatic carbocycles. The highest BCUT2D eigenvalue weighted by Crippen LogP contribution is 2.42. The van der Waals surface area contributed by atoms with Gasteiger partial charge < -0.3 is 25.0 Å². The highest BCUT2D eigenvalue weighted by Gasteiger charge is 2.45. The van der Waals surface area contributed by atoms with Crippen LogP contribution in [0.15, 0.2) is 24.3 Å². The first-order valence-electron chi connectivity index (χ1n) is 15.0. The van der Waals surface area contributed by atoms with Crippen LogP contribution < -0.4 is 19.9 Å². The molecular weight excluding hydrogens is 523 g/mol. The van der Waals surface area contributed by atoms with Crippen molar-refractivity contribution in [3.05, 3.63) is 46.9 Å². The summed E-state index contributed by atoms with van der Waals surface area (Å²) >= 11 is 0. The van der Waals surface area contributed by atoms with E-state index < -0.39 is 0 Å². The Hall–Kier alpha value is -3.50. The molecule has 10 heteroatoms. The minimum absolute atomic E-state index is 0.0239. The molecule has 3 fully saturated rings. The van der Waals surface area contributed by atoms with Crippen LogP contribution in [-0.2, 0) is 13.0 Å². The van der Waals surface area contributed by atoms with Gasteiger partial charge in [0.05, 0.1) is 23.5 Å². The standard InChI is InChI=1S/C31H37FN6O3/c1-2-22-23(32)7-6-20-16-21(39)17-25(26(20)22)38-18-24-27(29(38)40)28(36-12-5-10-33-11-15-36)35-30(34-24)41-19-31-8-3-13-37(31)14-4-9-31/h6-7,16-17,33,39H,2-5,8-15,18-19H2,1H3. The van der Waals surface area contributed by atoms with E-state index in [4.69, 9.17) is 14.7 Å². The molecule has 0 spiro atoms. The van der Waals surface area contributed by atoms with E-state index in [1.54, 1.807) is 23.1 Å². The van der Waals surface area contributed by atoms with Gasteiger partial charge in [-0.3, -0.25) is 9.69 Å². The number of amides is 1. The molecule has 2 N–H and O–H groups in total. The number of fused-ring (bicyclic) bond motifs is 3. The Bertz CT molecular complexity index is 1500. The average molecular weight is 561 g/mol. The average Bonchev–Trinajstić information content (AvgIpc) is 3.56. The monoisotopic (exact) mass is 560 g/mol. The lowest BCUT2D eigenvalue weighted by atomic mass is 9.95. The first-order chi connectivity index (χ1) is 20.0. The van der Waals surface area contributed by atoms with Crippen LogP contribution in [0.25, 0.3) is 10.8 Å². The number of nitrogens with one attached hydrogen (secondary N) is 1. The molecule has 7 rings (SSSR count). The number of aromatic nitrogens is 2. The Morgan fingerprint density at radius 1 is 1.07 bits per heavy atom. The predicted molar refractivity (Wildman–Crippen MR) is 155 cm³/mol. The van der Waals surface area contributed by atoms with E-state index in [0.29, 0.717) is 64.7 Å². The SMILES string of the molecule is CCc1c(F)ccc2cc(O)cc(N3Cc4nc(OCC56CCCN5CCC6)nc(N5CCCNCC5)c4C3=O)c12. The van der Waals surface area contributed by atoms with Crippen LogP contribution in [0.3, 0.4) is 0 Å². The zero-order chi connectivity index (χ0) is 28.1. The van der Waals surface area contributed by atoms with Crippen LogP contribution in [0.1, 0.15) is 60.6 Å². The van der Waals surface area contributed by atoms with Gasteiger partial charge >= 0.3 is 6.01 Å². The summed E-state index contributed by atoms with van der Waals surface area (Å²) in [6, 6.07) is 6.54. The fourth-order valence-corrected chi connectivity index (χ4v) is 7.40. The summed E-state index contributed by atoms with van der Waals surface area (Å²) in [7, 11) is 0. The van der Waals surface area contributed by atoms with E-state index >= 15 is 0 Å². The van der Waals surface area contributed by atoms with Crippen molar-refractivity contribution in [2.75, 3.05) is 55.7 Å². The van der Waals surface area contributed by atoms with E-state index in [2.05, 4.69) is 15.1 Å². The van der Waals surface area contributed by atoms with E-state index in [1.165, 1.54) is 18.9 Å². The number of carbonyl (C=O) groups excluding carboxylic acids is 1. The number of carbonyl (C=O) groups is 1. The second-order valence-electron chi connectivity index (χ2n) is 11.8. The molecule has 41 heavy (non-hydrogen) atoms. The molecule has 4 aliphatic heterocycles. The number of anilines is 2. The number of aryl methyl sites for hydroxylation is 1. The van der Waals surface area contributed by atoms with Gasteiger partial charge in [-0.1, -0.05) is 13.0 Å². The second kappa shape index (κ2) is 10.4. The molecule has 0 saturated carbocycles. The summed E-state index contributed by atoms with van der Waals surface area (Å²) in [5, 5.41) is 15.3. The van der Waals surface area contributed by atoms with Crippen LogP contribution in [0.2, 0.25) is 0 Å². The van der Waals surface area contributed by atoms with E-state index in [1.807, 2.05) is 6.92 Å². The fraction of sp³-hybridized carbons (Fsp3) is 0.516. The number of ether oxygens (including phenoxy) is 1. The summed E-state index contributed by atoms with van der Waals surface area (Å²) in [6.07, 6.45) is 6.00. The highest BCUT2D eigenvalue weighted by atomic mass is 19.1. The predicted octanol–water partition coefficient (Wildman–Crippen LogP) is 4.00. The van der Waals surface area contributed by atoms with Gasteiger partial charge in [-0.2, -0.15) is 9.97 Å². The van der Waals surface area contributed by atoms with Gasteiger partial charge in [-0.15, -0.1) is 0 Å². The molecule has 0 bridgehead atoms. The number of hydrogen-bond donors (Lipinski definition) is 2. The number of hydrogen-bond acceptors (Lipinski definition) is 8. The summed E-state index contributed by atoms with van der Waals surface area (Å²) in [5.74, 6) is 0.0560. The van der Waals surface area contributed by atoms with Gasteiger partial charge in [-0.05, 0) is 81.2 Å². The van der Waals surface area contributed by atoms with Crippen LogP contribution in [0.4, 0.5) is 15.9 Å². The van der Waals surface area contributed by atoms with Crippen molar-refractivity contribution in [1.29, 1.82) is 0 Å². The first-order valence-corrected chi connectivity index (χ1v) is 15.0. The number of phenols is 1. The maximum absolute atomic E-state index is 14.9. The van der Waals surface area contributed by atoms with Gasteiger partial charge in [-0.25, -0.2) is 4.39 Å². The number of rotatable bonds is 6. The summed E-state index contributed by atoms with van der Waals surface area (Å²) < 4.78 is 21.3. The molecule has 0 unspecified atom stereocenters. The molecule has 0 aliphatic carbocycles. The van der Waals surface area contributed by atoms with Gasteiger partial charge in [0.2, 0.25) is 0 Å². The molecular formula is C31H37FN6O3. The first kappa shape index (κ1) is 26.4. The maximum Gasteiger partial charge on any atom is 0.318 e. The van der Waals surface area contributed by atoms with Crippen molar-refractivity contribution in [2.45, 2.75) is 57.5 Å².